The van der Waals surface area contributed by atoms with Gasteiger partial charge in [-0.05, 0) is 79.2 Å². The van der Waals surface area contributed by atoms with Crippen LogP contribution < -0.4 is 20.9 Å². The van der Waals surface area contributed by atoms with Crippen molar-refractivity contribution >= 4 is 58.6 Å². The Morgan fingerprint density at radius 1 is 0.822 bits per heavy atom. The van der Waals surface area contributed by atoms with Crippen LogP contribution in [0.5, 0.6) is 5.75 Å². The zero-order valence-electron chi connectivity index (χ0n) is 24.8. The van der Waals surface area contributed by atoms with E-state index in [-0.39, 0.29) is 22.9 Å². The number of aromatic hydroxyl groups is 1. The second-order valence-electron chi connectivity index (χ2n) is 10.1. The lowest BCUT2D eigenvalue weighted by Gasteiger charge is -2.15. The minimum Gasteiger partial charge on any atom is -0.507 e. The van der Waals surface area contributed by atoms with Crippen LogP contribution in [0.15, 0.2) is 108 Å². The first-order valence-electron chi connectivity index (χ1n) is 13.8. The van der Waals surface area contributed by atoms with E-state index in [9.17, 15) is 29.4 Å². The van der Waals surface area contributed by atoms with Gasteiger partial charge in [0.1, 0.15) is 17.0 Å². The molecule has 0 aliphatic carbocycles. The maximum absolute atomic E-state index is 13.5. The van der Waals surface area contributed by atoms with Gasteiger partial charge >= 0.3 is 5.97 Å². The molecular formula is C34H32N4O6S. The van der Waals surface area contributed by atoms with Crippen molar-refractivity contribution < 1.29 is 29.4 Å². The van der Waals surface area contributed by atoms with Gasteiger partial charge in [-0.15, -0.1) is 11.8 Å². The number of carbonyl (C=O) groups excluding carboxylic acids is 3. The predicted molar refractivity (Wildman–Crippen MR) is 177 cm³/mol. The van der Waals surface area contributed by atoms with Crippen molar-refractivity contribution in [3.8, 4) is 5.75 Å². The summed E-state index contributed by atoms with van der Waals surface area (Å²) in [6.45, 7) is 1.69. The van der Waals surface area contributed by atoms with Crippen LogP contribution in [0.1, 0.15) is 33.2 Å². The van der Waals surface area contributed by atoms with Crippen LogP contribution in [-0.2, 0) is 9.59 Å². The summed E-state index contributed by atoms with van der Waals surface area (Å²) in [7, 11) is 3.85. The third-order valence-electron chi connectivity index (χ3n) is 6.52. The summed E-state index contributed by atoms with van der Waals surface area (Å²) in [6.07, 6.45) is 1.60. The van der Waals surface area contributed by atoms with Gasteiger partial charge in [-0.25, -0.2) is 4.79 Å². The number of hydrogen-bond acceptors (Lipinski definition) is 7. The number of carbonyl (C=O) groups is 4. The molecule has 0 aromatic heterocycles. The van der Waals surface area contributed by atoms with Gasteiger partial charge < -0.3 is 31.1 Å². The summed E-state index contributed by atoms with van der Waals surface area (Å²) in [5, 5.41) is 26.5. The van der Waals surface area contributed by atoms with E-state index in [1.807, 2.05) is 43.3 Å². The van der Waals surface area contributed by atoms with E-state index in [2.05, 4.69) is 16.0 Å². The van der Waals surface area contributed by atoms with Crippen LogP contribution in [0.3, 0.4) is 0 Å². The SMILES string of the molecule is CC(Sc1cccc(NC(=O)/C(=C\c2ccc(N(C)C)cc2)NC(=O)c2ccccc2)c1)C(=O)Nc1ccc(O)c(C(=O)O)c1. The van der Waals surface area contributed by atoms with Crippen molar-refractivity contribution in [1.82, 2.24) is 5.32 Å². The van der Waals surface area contributed by atoms with Crippen LogP contribution in [0.4, 0.5) is 17.1 Å². The standard InChI is InChI=1S/C34H32N4O6S/c1-21(31(40)35-25-14-17-30(39)28(20-25)34(43)44)45-27-11-7-10-24(19-27)36-33(42)29(37-32(41)23-8-5-4-6-9-23)18-22-12-15-26(16-13-22)38(2)3/h4-21,39H,1-3H3,(H,35,40)(H,36,42)(H,37,41)(H,43,44)/b29-18+. The molecule has 4 rings (SSSR count). The molecule has 5 N–H and O–H groups in total. The number of amides is 3. The van der Waals surface area contributed by atoms with Gasteiger partial charge in [0.15, 0.2) is 0 Å². The van der Waals surface area contributed by atoms with Gasteiger partial charge in [0.2, 0.25) is 5.91 Å². The quantitative estimate of drug-likeness (QED) is 0.0813. The van der Waals surface area contributed by atoms with Gasteiger partial charge in [-0.2, -0.15) is 0 Å². The van der Waals surface area contributed by atoms with Crippen LogP contribution >= 0.6 is 11.8 Å². The van der Waals surface area contributed by atoms with E-state index in [1.165, 1.54) is 30.0 Å². The highest BCUT2D eigenvalue weighted by Crippen LogP contribution is 2.28. The van der Waals surface area contributed by atoms with E-state index >= 15 is 0 Å². The van der Waals surface area contributed by atoms with Crippen LogP contribution in [0.25, 0.3) is 6.08 Å². The summed E-state index contributed by atoms with van der Waals surface area (Å²) in [5.74, 6) is -3.07. The Morgan fingerprint density at radius 3 is 2.18 bits per heavy atom. The first kappa shape index (κ1) is 32.4. The second kappa shape index (κ2) is 14.8. The fourth-order valence-electron chi connectivity index (χ4n) is 4.11. The lowest BCUT2D eigenvalue weighted by atomic mass is 10.1. The number of benzene rings is 4. The number of thioether (sulfide) groups is 1. The number of nitrogens with zero attached hydrogens (tertiary/aromatic N) is 1. The average molecular weight is 625 g/mol. The summed E-state index contributed by atoms with van der Waals surface area (Å²) in [6, 6.07) is 26.8. The molecule has 45 heavy (non-hydrogen) atoms. The lowest BCUT2D eigenvalue weighted by molar-refractivity contribution is -0.115. The molecule has 0 bridgehead atoms. The normalized spacial score (nSPS) is 11.7. The number of carboxylic acid groups (broad SMARTS) is 1. The second-order valence-corrected chi connectivity index (χ2v) is 11.5. The number of rotatable bonds is 11. The summed E-state index contributed by atoms with van der Waals surface area (Å²) < 4.78 is 0. The summed E-state index contributed by atoms with van der Waals surface area (Å²) in [5.41, 5.74) is 2.50. The number of anilines is 3. The minimum atomic E-state index is -1.32. The van der Waals surface area contributed by atoms with Crippen molar-refractivity contribution in [2.45, 2.75) is 17.1 Å². The van der Waals surface area contributed by atoms with Crippen molar-refractivity contribution in [2.75, 3.05) is 29.6 Å². The van der Waals surface area contributed by atoms with E-state index < -0.39 is 28.8 Å². The van der Waals surface area contributed by atoms with E-state index in [0.29, 0.717) is 21.7 Å². The fraction of sp³-hybridized carbons (Fsp3) is 0.118. The van der Waals surface area contributed by atoms with Crippen molar-refractivity contribution in [2.24, 2.45) is 0 Å². The molecule has 230 valence electrons. The topological polar surface area (TPSA) is 148 Å². The molecule has 1 atom stereocenters. The third kappa shape index (κ3) is 8.97. The molecule has 0 radical (unpaired) electrons. The number of phenols is 1. The van der Waals surface area contributed by atoms with Crippen LogP contribution in [0.2, 0.25) is 0 Å². The van der Waals surface area contributed by atoms with Crippen molar-refractivity contribution in [3.05, 3.63) is 119 Å². The monoisotopic (exact) mass is 624 g/mol. The maximum atomic E-state index is 13.5. The zero-order chi connectivity index (χ0) is 32.5. The maximum Gasteiger partial charge on any atom is 0.339 e. The Balaban J connectivity index is 1.48. The number of aromatic carboxylic acids is 1. The third-order valence-corrected chi connectivity index (χ3v) is 7.61. The Labute approximate surface area is 264 Å². The molecule has 0 aliphatic rings. The Bertz CT molecular complexity index is 1740. The van der Waals surface area contributed by atoms with E-state index in [4.69, 9.17) is 0 Å². The summed E-state index contributed by atoms with van der Waals surface area (Å²) in [4.78, 5) is 53.2. The van der Waals surface area contributed by atoms with Gasteiger partial charge in [0.05, 0.1) is 5.25 Å². The minimum absolute atomic E-state index is 0.0434. The molecule has 11 heteroatoms. The van der Waals surface area contributed by atoms with Crippen molar-refractivity contribution in [1.29, 1.82) is 0 Å². The van der Waals surface area contributed by atoms with Crippen LogP contribution in [0, 0.1) is 0 Å². The molecule has 3 amide bonds. The van der Waals surface area contributed by atoms with E-state index in [0.717, 1.165) is 5.69 Å². The average Bonchev–Trinajstić information content (AvgIpc) is 3.02. The lowest BCUT2D eigenvalue weighted by Crippen LogP contribution is -2.30. The molecule has 4 aromatic carbocycles. The van der Waals surface area contributed by atoms with Crippen LogP contribution in [-0.4, -0.2) is 53.2 Å². The Morgan fingerprint density at radius 2 is 1.51 bits per heavy atom. The molecule has 0 heterocycles. The Kier molecular flexibility index (Phi) is 10.6. The highest BCUT2D eigenvalue weighted by Gasteiger charge is 2.19. The zero-order valence-corrected chi connectivity index (χ0v) is 25.6. The molecule has 1 unspecified atom stereocenters. The fourth-order valence-corrected chi connectivity index (χ4v) is 5.04. The molecule has 0 spiro atoms. The number of carboxylic acids is 1. The van der Waals surface area contributed by atoms with Gasteiger partial charge in [-0.3, -0.25) is 14.4 Å². The Hall–Kier alpha value is -5.55. The molecule has 10 nitrogen and oxygen atoms in total. The molecule has 0 saturated carbocycles. The molecule has 4 aromatic rings. The highest BCUT2D eigenvalue weighted by molar-refractivity contribution is 8.00. The molecule has 0 aliphatic heterocycles. The molecule has 0 fully saturated rings. The summed E-state index contributed by atoms with van der Waals surface area (Å²) >= 11 is 1.23. The van der Waals surface area contributed by atoms with Gasteiger partial charge in [0.25, 0.3) is 11.8 Å². The molecule has 0 saturated heterocycles. The number of hydrogen-bond donors (Lipinski definition) is 5. The first-order valence-corrected chi connectivity index (χ1v) is 14.7. The number of nitrogens with one attached hydrogen (secondary N) is 3. The highest BCUT2D eigenvalue weighted by atomic mass is 32.2. The first-order chi connectivity index (χ1) is 21.5. The van der Waals surface area contributed by atoms with Gasteiger partial charge in [-0.1, -0.05) is 36.4 Å². The smallest absolute Gasteiger partial charge is 0.339 e. The predicted octanol–water partition coefficient (Wildman–Crippen LogP) is 5.69. The van der Waals surface area contributed by atoms with Crippen molar-refractivity contribution in [3.63, 3.8) is 0 Å². The molecular weight excluding hydrogens is 592 g/mol. The van der Waals surface area contributed by atoms with E-state index in [1.54, 1.807) is 67.6 Å². The van der Waals surface area contributed by atoms with Gasteiger partial charge in [0, 0.05) is 41.6 Å². The largest absolute Gasteiger partial charge is 0.507 e.